The molecule has 0 N–H and O–H groups in total. The Balaban J connectivity index is 2.16. The summed E-state index contributed by atoms with van der Waals surface area (Å²) in [6.07, 6.45) is 13.1. The molecular formula is C32H46. The SMILES string of the molecule is C=C(C)c1ccc2c(c1)C(CCCCCC)(CCCCCC)c1cc(C(C)(C)C)ccc1-2. The first-order chi connectivity index (χ1) is 15.2. The van der Waals surface area contributed by atoms with Crippen LogP contribution < -0.4 is 0 Å². The lowest BCUT2D eigenvalue weighted by molar-refractivity contribution is 0.400. The van der Waals surface area contributed by atoms with Crippen LogP contribution in [0.25, 0.3) is 16.7 Å². The van der Waals surface area contributed by atoms with Gasteiger partial charge in [0.05, 0.1) is 0 Å². The quantitative estimate of drug-likeness (QED) is 0.311. The number of allylic oxidation sites excluding steroid dienone is 1. The van der Waals surface area contributed by atoms with Crippen LogP contribution in [-0.4, -0.2) is 0 Å². The molecule has 0 heteroatoms. The summed E-state index contributed by atoms with van der Waals surface area (Å²) in [5.41, 5.74) is 10.4. The highest BCUT2D eigenvalue weighted by atomic mass is 14.5. The lowest BCUT2D eigenvalue weighted by Gasteiger charge is -2.34. The number of hydrogen-bond acceptors (Lipinski definition) is 0. The molecule has 32 heavy (non-hydrogen) atoms. The normalized spacial score (nSPS) is 14.3. The fraction of sp³-hybridized carbons (Fsp3) is 0.562. The summed E-state index contributed by atoms with van der Waals surface area (Å²) in [7, 11) is 0. The average Bonchev–Trinajstić information content (AvgIpc) is 3.03. The van der Waals surface area contributed by atoms with E-state index in [1.807, 2.05) is 0 Å². The maximum atomic E-state index is 4.27. The molecular weight excluding hydrogens is 384 g/mol. The summed E-state index contributed by atoms with van der Waals surface area (Å²) in [5.74, 6) is 0. The van der Waals surface area contributed by atoms with Gasteiger partial charge in [-0.05, 0) is 64.6 Å². The van der Waals surface area contributed by atoms with Crippen LogP contribution in [0.3, 0.4) is 0 Å². The van der Waals surface area contributed by atoms with Crippen LogP contribution in [0, 0.1) is 0 Å². The van der Waals surface area contributed by atoms with E-state index in [2.05, 4.69) is 84.5 Å². The molecule has 0 nitrogen and oxygen atoms in total. The van der Waals surface area contributed by atoms with Crippen LogP contribution in [0.15, 0.2) is 43.0 Å². The fourth-order valence-electron chi connectivity index (χ4n) is 5.60. The van der Waals surface area contributed by atoms with Gasteiger partial charge in [0.15, 0.2) is 0 Å². The zero-order valence-electron chi connectivity index (χ0n) is 21.7. The third kappa shape index (κ3) is 5.05. The Hall–Kier alpha value is -1.82. The first kappa shape index (κ1) is 24.8. The van der Waals surface area contributed by atoms with Crippen LogP contribution in [0.1, 0.15) is 128 Å². The van der Waals surface area contributed by atoms with Crippen molar-refractivity contribution in [1.82, 2.24) is 0 Å². The van der Waals surface area contributed by atoms with Crippen molar-refractivity contribution in [3.63, 3.8) is 0 Å². The van der Waals surface area contributed by atoms with Gasteiger partial charge in [0.2, 0.25) is 0 Å². The smallest absolute Gasteiger partial charge is 0.0215 e. The molecule has 0 saturated carbocycles. The highest BCUT2D eigenvalue weighted by Gasteiger charge is 2.42. The van der Waals surface area contributed by atoms with Gasteiger partial charge in [-0.1, -0.05) is 128 Å². The third-order valence-corrected chi connectivity index (χ3v) is 7.63. The van der Waals surface area contributed by atoms with Gasteiger partial charge in [0, 0.05) is 5.41 Å². The minimum absolute atomic E-state index is 0.152. The molecule has 0 aromatic heterocycles. The highest BCUT2D eigenvalue weighted by molar-refractivity contribution is 5.83. The number of fused-ring (bicyclic) bond motifs is 3. The molecule has 0 atom stereocenters. The second kappa shape index (κ2) is 10.4. The van der Waals surface area contributed by atoms with Gasteiger partial charge < -0.3 is 0 Å². The van der Waals surface area contributed by atoms with Crippen LogP contribution >= 0.6 is 0 Å². The van der Waals surface area contributed by atoms with Gasteiger partial charge in [-0.15, -0.1) is 0 Å². The number of benzene rings is 2. The second-order valence-electron chi connectivity index (χ2n) is 11.3. The molecule has 0 fully saturated rings. The summed E-state index contributed by atoms with van der Waals surface area (Å²) < 4.78 is 0. The highest BCUT2D eigenvalue weighted by Crippen LogP contribution is 2.55. The van der Waals surface area contributed by atoms with E-state index in [9.17, 15) is 0 Å². The van der Waals surface area contributed by atoms with Crippen molar-refractivity contribution < 1.29 is 0 Å². The van der Waals surface area contributed by atoms with E-state index in [0.29, 0.717) is 0 Å². The molecule has 0 bridgehead atoms. The van der Waals surface area contributed by atoms with Crippen molar-refractivity contribution in [2.45, 2.75) is 117 Å². The Kier molecular flexibility index (Phi) is 8.07. The molecule has 174 valence electrons. The van der Waals surface area contributed by atoms with Crippen LogP contribution in [-0.2, 0) is 10.8 Å². The van der Waals surface area contributed by atoms with Crippen molar-refractivity contribution in [1.29, 1.82) is 0 Å². The average molecular weight is 431 g/mol. The summed E-state index contributed by atoms with van der Waals surface area (Å²) >= 11 is 0. The largest absolute Gasteiger partial charge is 0.0955 e. The number of unbranched alkanes of at least 4 members (excludes halogenated alkanes) is 6. The van der Waals surface area contributed by atoms with Gasteiger partial charge in [0.25, 0.3) is 0 Å². The molecule has 3 rings (SSSR count). The molecule has 0 unspecified atom stereocenters. The van der Waals surface area contributed by atoms with Crippen molar-refractivity contribution in [3.8, 4) is 11.1 Å². The van der Waals surface area contributed by atoms with Crippen LogP contribution in [0.4, 0.5) is 0 Å². The van der Waals surface area contributed by atoms with Crippen LogP contribution in [0.2, 0.25) is 0 Å². The van der Waals surface area contributed by atoms with Gasteiger partial charge in [0.1, 0.15) is 0 Å². The topological polar surface area (TPSA) is 0 Å². The molecule has 0 aliphatic heterocycles. The zero-order valence-corrected chi connectivity index (χ0v) is 21.7. The van der Waals surface area contributed by atoms with Crippen molar-refractivity contribution in [3.05, 3.63) is 65.2 Å². The van der Waals surface area contributed by atoms with Gasteiger partial charge in [-0.3, -0.25) is 0 Å². The van der Waals surface area contributed by atoms with Crippen molar-refractivity contribution >= 4 is 5.57 Å². The molecule has 0 saturated heterocycles. The minimum atomic E-state index is 0.152. The Bertz CT molecular complexity index is 910. The molecule has 1 aliphatic rings. The Morgan fingerprint density at radius 3 is 1.78 bits per heavy atom. The van der Waals surface area contributed by atoms with E-state index in [1.165, 1.54) is 92.0 Å². The first-order valence-corrected chi connectivity index (χ1v) is 13.2. The van der Waals surface area contributed by atoms with E-state index in [-0.39, 0.29) is 10.8 Å². The molecule has 2 aromatic carbocycles. The van der Waals surface area contributed by atoms with Gasteiger partial charge in [-0.25, -0.2) is 0 Å². The molecule has 0 heterocycles. The van der Waals surface area contributed by atoms with Gasteiger partial charge in [-0.2, -0.15) is 0 Å². The molecule has 2 aromatic rings. The fourth-order valence-corrected chi connectivity index (χ4v) is 5.60. The lowest BCUT2D eigenvalue weighted by atomic mass is 9.69. The van der Waals surface area contributed by atoms with Crippen LogP contribution in [0.5, 0.6) is 0 Å². The first-order valence-electron chi connectivity index (χ1n) is 13.2. The summed E-state index contributed by atoms with van der Waals surface area (Å²) in [6, 6.07) is 14.5. The molecule has 0 spiro atoms. The lowest BCUT2D eigenvalue weighted by Crippen LogP contribution is -2.26. The van der Waals surface area contributed by atoms with E-state index < -0.39 is 0 Å². The predicted octanol–water partition coefficient (Wildman–Crippen LogP) is 10.2. The summed E-state index contributed by atoms with van der Waals surface area (Å²) in [6.45, 7) is 18.1. The van der Waals surface area contributed by atoms with Gasteiger partial charge >= 0.3 is 0 Å². The predicted molar refractivity (Wildman–Crippen MR) is 144 cm³/mol. The third-order valence-electron chi connectivity index (χ3n) is 7.63. The maximum Gasteiger partial charge on any atom is 0.0215 e. The second-order valence-corrected chi connectivity index (χ2v) is 11.3. The van der Waals surface area contributed by atoms with Crippen molar-refractivity contribution in [2.24, 2.45) is 0 Å². The van der Waals surface area contributed by atoms with E-state index in [1.54, 1.807) is 11.1 Å². The molecule has 1 aliphatic carbocycles. The zero-order chi connectivity index (χ0) is 23.4. The number of hydrogen-bond donors (Lipinski definition) is 0. The maximum absolute atomic E-state index is 4.27. The van der Waals surface area contributed by atoms with E-state index >= 15 is 0 Å². The molecule has 0 radical (unpaired) electrons. The van der Waals surface area contributed by atoms with E-state index in [0.717, 1.165) is 0 Å². The summed E-state index contributed by atoms with van der Waals surface area (Å²) in [4.78, 5) is 0. The molecule has 0 amide bonds. The standard InChI is InChI=1S/C32H46/c1-8-10-12-14-20-32(21-15-13-11-9-2)29-22-25(24(3)4)16-18-27(29)28-19-17-26(23-30(28)32)31(5,6)7/h16-19,22-23H,3,8-15,20-21H2,1-2,4-7H3. The van der Waals surface area contributed by atoms with E-state index in [4.69, 9.17) is 0 Å². The van der Waals surface area contributed by atoms with Crippen molar-refractivity contribution in [2.75, 3.05) is 0 Å². The Morgan fingerprint density at radius 2 is 1.28 bits per heavy atom. The Labute approximate surface area is 198 Å². The Morgan fingerprint density at radius 1 is 0.750 bits per heavy atom. The minimum Gasteiger partial charge on any atom is -0.0955 e. The monoisotopic (exact) mass is 430 g/mol. The number of rotatable bonds is 11. The summed E-state index contributed by atoms with van der Waals surface area (Å²) in [5, 5.41) is 0.